The van der Waals surface area contributed by atoms with Crippen LogP contribution >= 0.6 is 0 Å². The van der Waals surface area contributed by atoms with Gasteiger partial charge in [-0.2, -0.15) is 0 Å². The molecule has 0 saturated heterocycles. The zero-order valence-electron chi connectivity index (χ0n) is 13.9. The Morgan fingerprint density at radius 2 is 1.67 bits per heavy atom. The van der Waals surface area contributed by atoms with Gasteiger partial charge in [0.25, 0.3) is 0 Å². The average Bonchev–Trinajstić information content (AvgIpc) is 3.08. The van der Waals surface area contributed by atoms with Gasteiger partial charge in [-0.25, -0.2) is 4.98 Å². The van der Waals surface area contributed by atoms with Gasteiger partial charge < -0.3 is 9.32 Å². The van der Waals surface area contributed by atoms with Gasteiger partial charge in [0.05, 0.1) is 11.7 Å². The molecule has 4 heteroatoms. The summed E-state index contributed by atoms with van der Waals surface area (Å²) in [5.41, 5.74) is 4.70. The van der Waals surface area contributed by atoms with E-state index < -0.39 is 0 Å². The molecule has 4 nitrogen and oxygen atoms in total. The molecule has 0 N–H and O–H groups in total. The van der Waals surface area contributed by atoms with Gasteiger partial charge in [0.15, 0.2) is 5.58 Å². The highest BCUT2D eigenvalue weighted by molar-refractivity contribution is 6.00. The maximum atomic E-state index is 6.06. The number of fused-ring (bicyclic) bond motifs is 3. The molecule has 4 aromatic rings. The maximum absolute atomic E-state index is 6.06. The monoisotopic (exact) mass is 317 g/mol. The number of hydrogen-bond acceptors (Lipinski definition) is 4. The molecule has 0 aliphatic heterocycles. The minimum Gasteiger partial charge on any atom is -0.435 e. The predicted molar refractivity (Wildman–Crippen MR) is 98.3 cm³/mol. The summed E-state index contributed by atoms with van der Waals surface area (Å²) in [5, 5.41) is 0.994. The van der Waals surface area contributed by atoms with Gasteiger partial charge in [0.2, 0.25) is 5.89 Å². The van der Waals surface area contributed by atoms with Gasteiger partial charge in [0.1, 0.15) is 5.52 Å². The molecule has 0 amide bonds. The fraction of sp³-hybridized carbons (Fsp3) is 0.200. The van der Waals surface area contributed by atoms with Crippen LogP contribution in [0.3, 0.4) is 0 Å². The maximum Gasteiger partial charge on any atom is 0.227 e. The van der Waals surface area contributed by atoms with Gasteiger partial charge >= 0.3 is 0 Å². The summed E-state index contributed by atoms with van der Waals surface area (Å²) < 4.78 is 6.06. The lowest BCUT2D eigenvalue weighted by Gasteiger charge is -2.20. The van der Waals surface area contributed by atoms with Crippen molar-refractivity contribution in [2.24, 2.45) is 0 Å². The summed E-state index contributed by atoms with van der Waals surface area (Å²) in [6.07, 6.45) is 1.77. The molecule has 0 fully saturated rings. The van der Waals surface area contributed by atoms with E-state index in [4.69, 9.17) is 4.42 Å². The summed E-state index contributed by atoms with van der Waals surface area (Å²) in [4.78, 5) is 11.4. The van der Waals surface area contributed by atoms with Crippen molar-refractivity contribution in [1.82, 2.24) is 9.97 Å². The van der Waals surface area contributed by atoms with Crippen LogP contribution in [0.1, 0.15) is 13.8 Å². The Hall–Kier alpha value is -2.88. The van der Waals surface area contributed by atoms with Crippen molar-refractivity contribution >= 4 is 27.7 Å². The standard InChI is InChI=1S/C20H19N3O/c1-3-23(4-2)15-11-9-14(10-12-15)20-22-18-13-21-17-8-6-5-7-16(17)19(18)24-20/h5-13H,3-4H2,1-2H3. The minimum absolute atomic E-state index is 0.634. The Morgan fingerprint density at radius 1 is 0.917 bits per heavy atom. The normalized spacial score (nSPS) is 11.2. The molecular formula is C20H19N3O. The van der Waals surface area contributed by atoms with Crippen molar-refractivity contribution < 1.29 is 4.42 Å². The fourth-order valence-corrected chi connectivity index (χ4v) is 3.05. The van der Waals surface area contributed by atoms with Gasteiger partial charge in [-0.1, -0.05) is 12.1 Å². The fourth-order valence-electron chi connectivity index (χ4n) is 3.05. The summed E-state index contributed by atoms with van der Waals surface area (Å²) in [5.74, 6) is 0.634. The molecular weight excluding hydrogens is 298 g/mol. The second-order valence-electron chi connectivity index (χ2n) is 5.73. The van der Waals surface area contributed by atoms with Crippen molar-refractivity contribution in [2.75, 3.05) is 18.0 Å². The molecule has 0 unspecified atom stereocenters. The highest BCUT2D eigenvalue weighted by atomic mass is 16.3. The third kappa shape index (κ3) is 2.40. The highest BCUT2D eigenvalue weighted by Crippen LogP contribution is 2.29. The molecule has 0 saturated carbocycles. The molecule has 0 atom stereocenters. The number of para-hydroxylation sites is 1. The van der Waals surface area contributed by atoms with Gasteiger partial charge in [-0.05, 0) is 50.2 Å². The molecule has 0 spiro atoms. The van der Waals surface area contributed by atoms with Crippen LogP contribution < -0.4 is 4.90 Å². The van der Waals surface area contributed by atoms with Crippen LogP contribution in [0.5, 0.6) is 0 Å². The van der Waals surface area contributed by atoms with Crippen LogP contribution in [-0.4, -0.2) is 23.1 Å². The summed E-state index contributed by atoms with van der Waals surface area (Å²) >= 11 is 0. The van der Waals surface area contributed by atoms with Gasteiger partial charge in [-0.15, -0.1) is 0 Å². The lowest BCUT2D eigenvalue weighted by atomic mass is 10.2. The van der Waals surface area contributed by atoms with E-state index in [1.54, 1.807) is 6.20 Å². The molecule has 2 heterocycles. The quantitative estimate of drug-likeness (QED) is 0.537. The summed E-state index contributed by atoms with van der Waals surface area (Å²) in [6, 6.07) is 16.3. The van der Waals surface area contributed by atoms with Crippen LogP contribution in [0.2, 0.25) is 0 Å². The topological polar surface area (TPSA) is 42.2 Å². The van der Waals surface area contributed by atoms with Crippen LogP contribution in [0, 0.1) is 0 Å². The van der Waals surface area contributed by atoms with Crippen molar-refractivity contribution in [2.45, 2.75) is 13.8 Å². The van der Waals surface area contributed by atoms with E-state index >= 15 is 0 Å². The first-order chi connectivity index (χ1) is 11.8. The molecule has 4 rings (SSSR count). The zero-order chi connectivity index (χ0) is 16.5. The van der Waals surface area contributed by atoms with Crippen molar-refractivity contribution in [3.8, 4) is 11.5 Å². The summed E-state index contributed by atoms with van der Waals surface area (Å²) in [7, 11) is 0. The first kappa shape index (κ1) is 14.7. The predicted octanol–water partition coefficient (Wildman–Crippen LogP) is 4.89. The lowest BCUT2D eigenvalue weighted by molar-refractivity contribution is 0.623. The Morgan fingerprint density at radius 3 is 2.42 bits per heavy atom. The average molecular weight is 317 g/mol. The minimum atomic E-state index is 0.634. The molecule has 0 aliphatic carbocycles. The van der Waals surface area contributed by atoms with E-state index in [1.807, 2.05) is 24.3 Å². The van der Waals surface area contributed by atoms with Crippen LogP contribution in [0.4, 0.5) is 5.69 Å². The van der Waals surface area contributed by atoms with E-state index in [-0.39, 0.29) is 0 Å². The van der Waals surface area contributed by atoms with Crippen molar-refractivity contribution in [3.05, 3.63) is 54.7 Å². The number of hydrogen-bond donors (Lipinski definition) is 0. The molecule has 0 aliphatic rings. The Balaban J connectivity index is 1.78. The molecule has 24 heavy (non-hydrogen) atoms. The van der Waals surface area contributed by atoms with E-state index in [1.165, 1.54) is 5.69 Å². The van der Waals surface area contributed by atoms with E-state index in [0.717, 1.165) is 40.7 Å². The highest BCUT2D eigenvalue weighted by Gasteiger charge is 2.12. The summed E-state index contributed by atoms with van der Waals surface area (Å²) in [6.45, 7) is 6.32. The molecule has 0 bridgehead atoms. The van der Waals surface area contributed by atoms with Crippen LogP contribution in [0.25, 0.3) is 33.5 Å². The third-order valence-corrected chi connectivity index (χ3v) is 4.37. The van der Waals surface area contributed by atoms with Gasteiger partial charge in [-0.3, -0.25) is 4.98 Å². The molecule has 2 aromatic carbocycles. The molecule has 120 valence electrons. The van der Waals surface area contributed by atoms with Crippen molar-refractivity contribution in [1.29, 1.82) is 0 Å². The van der Waals surface area contributed by atoms with Crippen LogP contribution in [-0.2, 0) is 0 Å². The largest absolute Gasteiger partial charge is 0.435 e. The number of rotatable bonds is 4. The molecule has 0 radical (unpaired) electrons. The first-order valence-electron chi connectivity index (χ1n) is 8.29. The smallest absolute Gasteiger partial charge is 0.227 e. The third-order valence-electron chi connectivity index (χ3n) is 4.37. The van der Waals surface area contributed by atoms with Crippen LogP contribution in [0.15, 0.2) is 59.1 Å². The van der Waals surface area contributed by atoms with E-state index in [2.05, 4.69) is 53.0 Å². The SMILES string of the molecule is CCN(CC)c1ccc(-c2nc3cnc4ccccc4c3o2)cc1. The zero-order valence-corrected chi connectivity index (χ0v) is 13.9. The Bertz CT molecular complexity index is 985. The number of pyridine rings is 1. The van der Waals surface area contributed by atoms with Crippen molar-refractivity contribution in [3.63, 3.8) is 0 Å². The Labute approximate surface area is 140 Å². The number of benzene rings is 2. The number of anilines is 1. The van der Waals surface area contributed by atoms with Gasteiger partial charge in [0, 0.05) is 29.7 Å². The lowest BCUT2D eigenvalue weighted by Crippen LogP contribution is -2.21. The second kappa shape index (κ2) is 5.96. The Kier molecular flexibility index (Phi) is 3.65. The molecule has 2 aromatic heterocycles. The van der Waals surface area contributed by atoms with E-state index in [9.17, 15) is 0 Å². The first-order valence-corrected chi connectivity index (χ1v) is 8.29. The number of nitrogens with zero attached hydrogens (tertiary/aromatic N) is 3. The second-order valence-corrected chi connectivity index (χ2v) is 5.73. The van der Waals surface area contributed by atoms with E-state index in [0.29, 0.717) is 5.89 Å². The number of oxazole rings is 1. The number of aromatic nitrogens is 2.